The molecule has 0 spiro atoms. The maximum absolute atomic E-state index is 12.0. The molecule has 0 bridgehead atoms. The molecule has 1 N–H and O–H groups in total. The molecule has 1 fully saturated rings. The Balaban J connectivity index is 2.73. The van der Waals surface area contributed by atoms with Crippen molar-refractivity contribution >= 4 is 6.09 Å². The van der Waals surface area contributed by atoms with Gasteiger partial charge in [-0.2, -0.15) is 0 Å². The van der Waals surface area contributed by atoms with E-state index in [-0.39, 0.29) is 18.2 Å². The third-order valence-corrected chi connectivity index (χ3v) is 2.50. The number of carbonyl (C=O) groups excluding carboxylic acids is 1. The van der Waals surface area contributed by atoms with Gasteiger partial charge in [-0.3, -0.25) is 4.90 Å². The van der Waals surface area contributed by atoms with Gasteiger partial charge in [0, 0.05) is 19.1 Å². The lowest BCUT2D eigenvalue weighted by molar-refractivity contribution is 0.00639. The summed E-state index contributed by atoms with van der Waals surface area (Å²) in [7, 11) is 0. The Morgan fingerprint density at radius 2 is 2.12 bits per heavy atom. The number of hydrogen-bond acceptors (Lipinski definition) is 3. The molecule has 0 aliphatic carbocycles. The summed E-state index contributed by atoms with van der Waals surface area (Å²) in [5.74, 6) is 0. The summed E-state index contributed by atoms with van der Waals surface area (Å²) in [5.41, 5.74) is -0.451. The van der Waals surface area contributed by atoms with E-state index in [0.717, 1.165) is 13.1 Å². The average molecular weight is 226 g/mol. The van der Waals surface area contributed by atoms with Crippen LogP contribution in [0.25, 0.3) is 0 Å². The zero-order chi connectivity index (χ0) is 12.3. The molecule has 1 aliphatic rings. The molecule has 1 heterocycles. The first kappa shape index (κ1) is 13.0. The maximum Gasteiger partial charge on any atom is 0.411 e. The Bertz CT molecular complexity index is 271. The Labute approximate surface area is 97.6 Å². The van der Waals surface area contributed by atoms with Crippen LogP contribution in [0.3, 0.4) is 0 Å². The van der Waals surface area contributed by atoms with Gasteiger partial charge in [0.05, 0.1) is 6.04 Å². The van der Waals surface area contributed by atoms with Crippen LogP contribution >= 0.6 is 0 Å². The minimum absolute atomic E-state index is 0.0126. The predicted molar refractivity (Wildman–Crippen MR) is 64.4 cm³/mol. The predicted octanol–water partition coefficient (Wildman–Crippen LogP) is 1.77. The third-order valence-electron chi connectivity index (χ3n) is 2.50. The van der Waals surface area contributed by atoms with Crippen molar-refractivity contribution in [3.05, 3.63) is 12.7 Å². The van der Waals surface area contributed by atoms with E-state index < -0.39 is 5.60 Å². The smallest absolute Gasteiger partial charge is 0.411 e. The molecular formula is C12H22N2O2. The van der Waals surface area contributed by atoms with E-state index in [4.69, 9.17) is 4.74 Å². The number of hydrogen-bond donors (Lipinski definition) is 1. The van der Waals surface area contributed by atoms with Crippen molar-refractivity contribution < 1.29 is 9.53 Å². The summed E-state index contributed by atoms with van der Waals surface area (Å²) < 4.78 is 5.39. The van der Waals surface area contributed by atoms with E-state index in [1.807, 2.05) is 27.7 Å². The van der Waals surface area contributed by atoms with Gasteiger partial charge in [0.25, 0.3) is 0 Å². The highest BCUT2D eigenvalue weighted by molar-refractivity contribution is 5.69. The first-order valence-corrected chi connectivity index (χ1v) is 5.69. The van der Waals surface area contributed by atoms with Gasteiger partial charge in [-0.15, -0.1) is 6.58 Å². The van der Waals surface area contributed by atoms with Gasteiger partial charge in [-0.05, 0) is 27.7 Å². The van der Waals surface area contributed by atoms with Crippen LogP contribution < -0.4 is 5.32 Å². The summed E-state index contributed by atoms with van der Waals surface area (Å²) in [6.07, 6.45) is 1.53. The second-order valence-corrected chi connectivity index (χ2v) is 5.20. The molecule has 1 rings (SSSR count). The first-order chi connectivity index (χ1) is 7.35. The molecule has 0 aromatic rings. The van der Waals surface area contributed by atoms with Crippen molar-refractivity contribution in [1.82, 2.24) is 10.2 Å². The highest BCUT2D eigenvalue weighted by Gasteiger charge is 2.32. The minimum atomic E-state index is -0.451. The maximum atomic E-state index is 12.0. The van der Waals surface area contributed by atoms with Crippen molar-refractivity contribution in [1.29, 1.82) is 0 Å². The fourth-order valence-electron chi connectivity index (χ4n) is 1.79. The number of amides is 1. The second-order valence-electron chi connectivity index (χ2n) is 5.20. The second kappa shape index (κ2) is 4.87. The van der Waals surface area contributed by atoms with Crippen LogP contribution in [-0.4, -0.2) is 41.8 Å². The van der Waals surface area contributed by atoms with E-state index in [9.17, 15) is 4.79 Å². The number of nitrogens with zero attached hydrogens (tertiary/aromatic N) is 1. The van der Waals surface area contributed by atoms with Crippen LogP contribution in [0.5, 0.6) is 0 Å². The van der Waals surface area contributed by atoms with Crippen molar-refractivity contribution in [2.75, 3.05) is 13.1 Å². The number of rotatable bonds is 1. The molecule has 4 nitrogen and oxygen atoms in total. The first-order valence-electron chi connectivity index (χ1n) is 5.69. The molecule has 0 radical (unpaired) electrons. The zero-order valence-corrected chi connectivity index (χ0v) is 10.6. The number of ether oxygens (including phenoxy) is 1. The van der Waals surface area contributed by atoms with Crippen LogP contribution in [-0.2, 0) is 4.74 Å². The molecule has 1 saturated heterocycles. The zero-order valence-electron chi connectivity index (χ0n) is 10.6. The van der Waals surface area contributed by atoms with E-state index in [0.29, 0.717) is 0 Å². The number of nitrogens with one attached hydrogen (secondary N) is 1. The molecule has 0 saturated carbocycles. The number of carbonyl (C=O) groups is 1. The summed E-state index contributed by atoms with van der Waals surface area (Å²) >= 11 is 0. The molecule has 16 heavy (non-hydrogen) atoms. The van der Waals surface area contributed by atoms with Gasteiger partial charge >= 0.3 is 6.09 Å². The quantitative estimate of drug-likeness (QED) is 0.693. The molecule has 92 valence electrons. The summed E-state index contributed by atoms with van der Waals surface area (Å²) in [6, 6.07) is 0.144. The largest absolute Gasteiger partial charge is 0.444 e. The Morgan fingerprint density at radius 3 is 2.62 bits per heavy atom. The van der Waals surface area contributed by atoms with E-state index in [1.54, 1.807) is 11.0 Å². The monoisotopic (exact) mass is 226 g/mol. The van der Waals surface area contributed by atoms with E-state index in [1.165, 1.54) is 0 Å². The summed E-state index contributed by atoms with van der Waals surface area (Å²) in [5, 5.41) is 3.26. The lowest BCUT2D eigenvalue weighted by atomic mass is 10.1. The van der Waals surface area contributed by atoms with Crippen LogP contribution in [0.15, 0.2) is 12.7 Å². The highest BCUT2D eigenvalue weighted by atomic mass is 16.6. The fraction of sp³-hybridized carbons (Fsp3) is 0.750. The normalized spacial score (nSPS) is 26.4. The SMILES string of the molecule is C=C[C@H]1CNC[C@H](C)N1C(=O)OC(C)(C)C. The van der Waals surface area contributed by atoms with Crippen molar-refractivity contribution in [2.45, 2.75) is 45.4 Å². The van der Waals surface area contributed by atoms with Gasteiger partial charge in [0.15, 0.2) is 0 Å². The Morgan fingerprint density at radius 1 is 1.50 bits per heavy atom. The molecule has 0 unspecified atom stereocenters. The third kappa shape index (κ3) is 3.23. The van der Waals surface area contributed by atoms with Crippen molar-refractivity contribution in [3.63, 3.8) is 0 Å². The number of piperazine rings is 1. The molecule has 4 heteroatoms. The van der Waals surface area contributed by atoms with Crippen LogP contribution in [0, 0.1) is 0 Å². The fourth-order valence-corrected chi connectivity index (χ4v) is 1.79. The molecule has 1 amide bonds. The molecular weight excluding hydrogens is 204 g/mol. The van der Waals surface area contributed by atoms with Gasteiger partial charge in [-0.1, -0.05) is 6.08 Å². The average Bonchev–Trinajstić information content (AvgIpc) is 2.14. The molecule has 0 aromatic heterocycles. The van der Waals surface area contributed by atoms with Crippen LogP contribution in [0.1, 0.15) is 27.7 Å². The van der Waals surface area contributed by atoms with Crippen LogP contribution in [0.2, 0.25) is 0 Å². The Hall–Kier alpha value is -1.03. The van der Waals surface area contributed by atoms with E-state index in [2.05, 4.69) is 11.9 Å². The molecule has 2 atom stereocenters. The Kier molecular flexibility index (Phi) is 3.97. The lowest BCUT2D eigenvalue weighted by Gasteiger charge is -2.40. The van der Waals surface area contributed by atoms with Gasteiger partial charge in [-0.25, -0.2) is 4.79 Å². The lowest BCUT2D eigenvalue weighted by Crippen LogP contribution is -2.58. The topological polar surface area (TPSA) is 41.6 Å². The summed E-state index contributed by atoms with van der Waals surface area (Å²) in [6.45, 7) is 12.9. The molecule has 0 aromatic carbocycles. The van der Waals surface area contributed by atoms with Gasteiger partial charge < -0.3 is 10.1 Å². The van der Waals surface area contributed by atoms with Gasteiger partial charge in [0.1, 0.15) is 5.60 Å². The minimum Gasteiger partial charge on any atom is -0.444 e. The van der Waals surface area contributed by atoms with Crippen LogP contribution in [0.4, 0.5) is 4.79 Å². The summed E-state index contributed by atoms with van der Waals surface area (Å²) in [4.78, 5) is 13.8. The van der Waals surface area contributed by atoms with E-state index >= 15 is 0 Å². The van der Waals surface area contributed by atoms with Crippen molar-refractivity contribution in [3.8, 4) is 0 Å². The highest BCUT2D eigenvalue weighted by Crippen LogP contribution is 2.16. The van der Waals surface area contributed by atoms with Gasteiger partial charge in [0.2, 0.25) is 0 Å². The van der Waals surface area contributed by atoms with Crippen molar-refractivity contribution in [2.24, 2.45) is 0 Å². The standard InChI is InChI=1S/C12H22N2O2/c1-6-10-8-13-7-9(2)14(10)11(15)16-12(3,4)5/h6,9-10,13H,1,7-8H2,2-5H3/t9-,10-/m0/s1. The molecule has 1 aliphatic heterocycles.